The first kappa shape index (κ1) is 22.0. The summed E-state index contributed by atoms with van der Waals surface area (Å²) in [6, 6.07) is 7.42. The van der Waals surface area contributed by atoms with E-state index in [1.165, 1.54) is 0 Å². The lowest BCUT2D eigenvalue weighted by Crippen LogP contribution is -2.32. The van der Waals surface area contributed by atoms with Gasteiger partial charge >= 0.3 is 12.1 Å². The highest BCUT2D eigenvalue weighted by molar-refractivity contribution is 5.86. The van der Waals surface area contributed by atoms with Gasteiger partial charge < -0.3 is 30.5 Å². The Bertz CT molecular complexity index is 761. The monoisotopic (exact) mass is 419 g/mol. The van der Waals surface area contributed by atoms with Crippen LogP contribution in [0.5, 0.6) is 0 Å². The van der Waals surface area contributed by atoms with Crippen LogP contribution in [0, 0.1) is 12.8 Å². The van der Waals surface area contributed by atoms with Crippen molar-refractivity contribution in [2.45, 2.75) is 63.9 Å². The van der Waals surface area contributed by atoms with Crippen molar-refractivity contribution in [1.82, 2.24) is 5.32 Å². The fraction of sp³-hybridized carbons (Fsp3) is 0.571. The van der Waals surface area contributed by atoms with Gasteiger partial charge in [0.2, 0.25) is 0 Å². The van der Waals surface area contributed by atoms with E-state index in [0.717, 1.165) is 30.4 Å². The van der Waals surface area contributed by atoms with Crippen LogP contribution in [0.1, 0.15) is 55.8 Å². The van der Waals surface area contributed by atoms with Crippen LogP contribution in [0.3, 0.4) is 0 Å². The fourth-order valence-electron chi connectivity index (χ4n) is 3.75. The van der Waals surface area contributed by atoms with Crippen LogP contribution in [0.25, 0.3) is 0 Å². The molecule has 2 fully saturated rings. The van der Waals surface area contributed by atoms with Crippen molar-refractivity contribution in [3.63, 3.8) is 0 Å². The topological polar surface area (TPSA) is 132 Å². The Kier molecular flexibility index (Phi) is 7.64. The Morgan fingerprint density at radius 3 is 2.67 bits per heavy atom. The van der Waals surface area contributed by atoms with E-state index in [-0.39, 0.29) is 11.9 Å². The summed E-state index contributed by atoms with van der Waals surface area (Å²) < 4.78 is 11.7. The maximum Gasteiger partial charge on any atom is 0.404 e. The Morgan fingerprint density at radius 2 is 2.00 bits per heavy atom. The van der Waals surface area contributed by atoms with Crippen LogP contribution in [-0.2, 0) is 19.1 Å². The molecule has 2 aliphatic rings. The zero-order valence-electron chi connectivity index (χ0n) is 17.1. The third kappa shape index (κ3) is 6.17. The minimum atomic E-state index is -1.10. The van der Waals surface area contributed by atoms with E-state index in [4.69, 9.17) is 25.2 Å². The molecule has 4 N–H and O–H groups in total. The van der Waals surface area contributed by atoms with Gasteiger partial charge in [0, 0.05) is 12.6 Å². The molecule has 9 nitrogen and oxygen atoms in total. The summed E-state index contributed by atoms with van der Waals surface area (Å²) >= 11 is 0. The standard InChI is InChI=1S/C21H29N3O6/c1-13-5-7-14(8-6-13)18(29-17-4-2-3-11-28-17)19(22)24-30-20(25)15-9-10-16(12-15)23-21(26)27/h5-8,15-18,23H,2-4,9-12H2,1H3,(H2,22,24)(H,26,27)/t15-,16-,17?,18?/m0/s1. The molecule has 0 bridgehead atoms. The van der Waals surface area contributed by atoms with Crippen LogP contribution in [0.4, 0.5) is 4.79 Å². The second-order valence-corrected chi connectivity index (χ2v) is 7.81. The zero-order chi connectivity index (χ0) is 21.5. The largest absolute Gasteiger partial charge is 0.465 e. The minimum absolute atomic E-state index is 0.0274. The Morgan fingerprint density at radius 1 is 1.23 bits per heavy atom. The second-order valence-electron chi connectivity index (χ2n) is 7.81. The number of ether oxygens (including phenoxy) is 2. The summed E-state index contributed by atoms with van der Waals surface area (Å²) in [6.07, 6.45) is 2.06. The van der Waals surface area contributed by atoms with E-state index in [1.54, 1.807) is 0 Å². The summed E-state index contributed by atoms with van der Waals surface area (Å²) in [6.45, 7) is 2.61. The van der Waals surface area contributed by atoms with Crippen LogP contribution in [0.15, 0.2) is 29.4 Å². The molecule has 1 amide bonds. The highest BCUT2D eigenvalue weighted by Crippen LogP contribution is 2.28. The first-order chi connectivity index (χ1) is 14.4. The van der Waals surface area contributed by atoms with Gasteiger partial charge in [-0.05, 0) is 51.0 Å². The number of amidine groups is 1. The third-order valence-electron chi connectivity index (χ3n) is 5.41. The van der Waals surface area contributed by atoms with Crippen molar-refractivity contribution >= 4 is 17.9 Å². The molecule has 0 aromatic heterocycles. The summed E-state index contributed by atoms with van der Waals surface area (Å²) in [5.41, 5.74) is 8.03. The van der Waals surface area contributed by atoms with Crippen molar-refractivity contribution in [2.24, 2.45) is 16.8 Å². The molecule has 1 heterocycles. The summed E-state index contributed by atoms with van der Waals surface area (Å²) in [5.74, 6) is -0.914. The number of nitrogens with two attached hydrogens (primary N) is 1. The van der Waals surface area contributed by atoms with Crippen molar-refractivity contribution in [3.8, 4) is 0 Å². The van der Waals surface area contributed by atoms with Crippen molar-refractivity contribution in [2.75, 3.05) is 6.61 Å². The van der Waals surface area contributed by atoms with Crippen LogP contribution in [-0.4, -0.2) is 41.9 Å². The molecule has 1 aliphatic carbocycles. The van der Waals surface area contributed by atoms with Gasteiger partial charge in [0.15, 0.2) is 12.1 Å². The van der Waals surface area contributed by atoms with Crippen molar-refractivity contribution in [1.29, 1.82) is 0 Å². The number of carbonyl (C=O) groups is 2. The predicted octanol–water partition coefficient (Wildman–Crippen LogP) is 2.83. The Labute approximate surface area is 175 Å². The molecule has 1 saturated heterocycles. The molecule has 4 atom stereocenters. The minimum Gasteiger partial charge on any atom is -0.465 e. The van der Waals surface area contributed by atoms with E-state index >= 15 is 0 Å². The smallest absolute Gasteiger partial charge is 0.404 e. The molecule has 1 aliphatic heterocycles. The molecular weight excluding hydrogens is 390 g/mol. The number of carboxylic acid groups (broad SMARTS) is 1. The average Bonchev–Trinajstić information content (AvgIpc) is 3.19. The van der Waals surface area contributed by atoms with Crippen LogP contribution < -0.4 is 11.1 Å². The number of rotatable bonds is 7. The van der Waals surface area contributed by atoms with Gasteiger partial charge in [0.25, 0.3) is 0 Å². The molecule has 0 spiro atoms. The lowest BCUT2D eigenvalue weighted by molar-refractivity contribution is -0.176. The molecule has 1 saturated carbocycles. The van der Waals surface area contributed by atoms with E-state index in [1.807, 2.05) is 31.2 Å². The Balaban J connectivity index is 1.64. The molecule has 0 radical (unpaired) electrons. The Hall–Kier alpha value is -2.65. The maximum atomic E-state index is 12.3. The van der Waals surface area contributed by atoms with Gasteiger partial charge in [-0.25, -0.2) is 9.59 Å². The highest BCUT2D eigenvalue weighted by atomic mass is 16.7. The van der Waals surface area contributed by atoms with Gasteiger partial charge in [-0.3, -0.25) is 0 Å². The second kappa shape index (κ2) is 10.4. The summed E-state index contributed by atoms with van der Waals surface area (Å²) in [4.78, 5) is 28.2. The molecular formula is C21H29N3O6. The fourth-order valence-corrected chi connectivity index (χ4v) is 3.75. The zero-order valence-corrected chi connectivity index (χ0v) is 17.1. The van der Waals surface area contributed by atoms with Crippen molar-refractivity contribution < 1.29 is 29.0 Å². The van der Waals surface area contributed by atoms with E-state index in [0.29, 0.717) is 25.9 Å². The number of oxime groups is 1. The summed E-state index contributed by atoms with van der Waals surface area (Å²) in [7, 11) is 0. The van der Waals surface area contributed by atoms with E-state index in [9.17, 15) is 9.59 Å². The van der Waals surface area contributed by atoms with Gasteiger partial charge in [0.05, 0.1) is 5.92 Å². The highest BCUT2D eigenvalue weighted by Gasteiger charge is 2.32. The number of nitrogens with one attached hydrogen (secondary N) is 1. The number of benzene rings is 1. The van der Waals surface area contributed by atoms with Crippen molar-refractivity contribution in [3.05, 3.63) is 35.4 Å². The maximum absolute atomic E-state index is 12.3. The first-order valence-electron chi connectivity index (χ1n) is 10.3. The quantitative estimate of drug-likeness (QED) is 0.268. The first-order valence-corrected chi connectivity index (χ1v) is 10.3. The number of hydrogen-bond donors (Lipinski definition) is 3. The molecule has 1 aromatic rings. The molecule has 1 aromatic carbocycles. The molecule has 3 rings (SSSR count). The molecule has 2 unspecified atom stereocenters. The summed E-state index contributed by atoms with van der Waals surface area (Å²) in [5, 5.41) is 15.0. The lowest BCUT2D eigenvalue weighted by Gasteiger charge is -2.27. The normalized spacial score (nSPS) is 25.5. The molecule has 30 heavy (non-hydrogen) atoms. The van der Waals surface area contributed by atoms with E-state index in [2.05, 4.69) is 10.5 Å². The van der Waals surface area contributed by atoms with Gasteiger partial charge in [-0.1, -0.05) is 35.0 Å². The molecule has 9 heteroatoms. The lowest BCUT2D eigenvalue weighted by atomic mass is 10.1. The molecule has 164 valence electrons. The predicted molar refractivity (Wildman–Crippen MR) is 109 cm³/mol. The van der Waals surface area contributed by atoms with E-state index < -0.39 is 30.4 Å². The average molecular weight is 419 g/mol. The van der Waals surface area contributed by atoms with Gasteiger partial charge in [0.1, 0.15) is 6.10 Å². The van der Waals surface area contributed by atoms with Crippen LogP contribution >= 0.6 is 0 Å². The number of aryl methyl sites for hydroxylation is 1. The van der Waals surface area contributed by atoms with Gasteiger partial charge in [-0.15, -0.1) is 0 Å². The van der Waals surface area contributed by atoms with Gasteiger partial charge in [-0.2, -0.15) is 0 Å². The van der Waals surface area contributed by atoms with Crippen LogP contribution in [0.2, 0.25) is 0 Å². The number of nitrogens with zero attached hydrogens (tertiary/aromatic N) is 1. The number of carbonyl (C=O) groups excluding carboxylic acids is 1. The third-order valence-corrected chi connectivity index (χ3v) is 5.41. The SMILES string of the molecule is Cc1ccc(C(OC2CCCCO2)/C(N)=N/OC(=O)[C@H]2CC[C@H](NC(=O)O)C2)cc1. The number of hydrogen-bond acceptors (Lipinski definition) is 6. The number of amides is 1.